The lowest BCUT2D eigenvalue weighted by Gasteiger charge is -2.36. The largest absolute Gasteiger partial charge is 0.544 e. The molecule has 2 N–H and O–H groups in total. The second kappa shape index (κ2) is 24.7. The predicted octanol–water partition coefficient (Wildman–Crippen LogP) is 6.32. The predicted molar refractivity (Wildman–Crippen MR) is 147 cm³/mol. The van der Waals surface area contributed by atoms with E-state index in [0.29, 0.717) is 6.42 Å². The van der Waals surface area contributed by atoms with Gasteiger partial charge >= 0.3 is 11.9 Å². The summed E-state index contributed by atoms with van der Waals surface area (Å²) in [5.74, 6) is -3.80. The van der Waals surface area contributed by atoms with E-state index in [9.17, 15) is 19.5 Å². The molecule has 0 spiro atoms. The van der Waals surface area contributed by atoms with Gasteiger partial charge in [-0.1, -0.05) is 135 Å². The summed E-state index contributed by atoms with van der Waals surface area (Å²) in [4.78, 5) is 33.4. The number of quaternary nitrogens is 1. The van der Waals surface area contributed by atoms with Crippen molar-refractivity contribution in [3.63, 3.8) is 0 Å². The lowest BCUT2D eigenvalue weighted by atomic mass is 10.0. The third kappa shape index (κ3) is 24.5. The Morgan fingerprint density at radius 1 is 0.486 bits per heavy atom. The molecule has 218 valence electrons. The molecule has 0 aliphatic rings. The van der Waals surface area contributed by atoms with E-state index in [1.807, 2.05) is 0 Å². The van der Waals surface area contributed by atoms with Crippen LogP contribution in [0, 0.1) is 0 Å². The third-order valence-electron chi connectivity index (χ3n) is 7.39. The van der Waals surface area contributed by atoms with Gasteiger partial charge in [0.1, 0.15) is 6.54 Å². The number of unbranched alkanes of at least 4 members (excludes halogenated alkanes) is 21. The summed E-state index contributed by atoms with van der Waals surface area (Å²) in [5.41, 5.74) is 0. The number of rotatable bonds is 29. The van der Waals surface area contributed by atoms with Crippen LogP contribution in [0.4, 0.5) is 0 Å². The maximum atomic E-state index is 11.2. The first-order valence-electron chi connectivity index (χ1n) is 15.3. The zero-order chi connectivity index (χ0) is 27.6. The minimum absolute atomic E-state index is 0.228. The number of aliphatic carboxylic acids is 3. The fourth-order valence-electron chi connectivity index (χ4n) is 5.31. The number of carbonyl (C=O) groups excluding carboxylic acids is 1. The summed E-state index contributed by atoms with van der Waals surface area (Å²) in [6.45, 7) is 0.884. The van der Waals surface area contributed by atoms with Gasteiger partial charge in [-0.25, -0.2) is 9.59 Å². The van der Waals surface area contributed by atoms with Crippen molar-refractivity contribution in [1.29, 1.82) is 0 Å². The molecule has 7 heteroatoms. The van der Waals surface area contributed by atoms with Gasteiger partial charge in [0.05, 0.1) is 12.5 Å². The molecule has 0 amide bonds. The zero-order valence-electron chi connectivity index (χ0n) is 23.9. The molecular formula is C30H57NO6. The highest BCUT2D eigenvalue weighted by molar-refractivity contribution is 5.72. The fourth-order valence-corrected chi connectivity index (χ4v) is 5.31. The van der Waals surface area contributed by atoms with Crippen LogP contribution in [-0.4, -0.2) is 58.8 Å². The Morgan fingerprint density at radius 2 is 0.757 bits per heavy atom. The molecule has 0 rings (SSSR count). The van der Waals surface area contributed by atoms with E-state index in [4.69, 9.17) is 10.2 Å². The summed E-state index contributed by atoms with van der Waals surface area (Å²) in [6, 6.07) is 0. The Kier molecular flexibility index (Phi) is 23.6. The summed E-state index contributed by atoms with van der Waals surface area (Å²) in [7, 11) is 0. The van der Waals surface area contributed by atoms with Crippen molar-refractivity contribution in [2.75, 3.05) is 26.2 Å². The van der Waals surface area contributed by atoms with Crippen LogP contribution in [-0.2, 0) is 14.4 Å². The van der Waals surface area contributed by atoms with E-state index >= 15 is 0 Å². The highest BCUT2D eigenvalue weighted by Gasteiger charge is 2.33. The van der Waals surface area contributed by atoms with Crippen LogP contribution < -0.4 is 5.11 Å². The molecule has 0 aliphatic carbocycles. The van der Waals surface area contributed by atoms with E-state index in [1.54, 1.807) is 0 Å². The quantitative estimate of drug-likeness (QED) is 0.0868. The number of nitrogens with zero attached hydrogens (tertiary/aromatic N) is 1. The number of carboxylic acid groups (broad SMARTS) is 3. The smallest absolute Gasteiger partial charge is 0.359 e. The van der Waals surface area contributed by atoms with Crippen LogP contribution >= 0.6 is 0 Å². The highest BCUT2D eigenvalue weighted by Crippen LogP contribution is 2.16. The van der Waals surface area contributed by atoms with Crippen LogP contribution in [0.2, 0.25) is 0 Å². The van der Waals surface area contributed by atoms with E-state index in [-0.39, 0.29) is 6.54 Å². The lowest BCUT2D eigenvalue weighted by Crippen LogP contribution is -2.59. The van der Waals surface area contributed by atoms with Gasteiger partial charge in [0.25, 0.3) is 0 Å². The van der Waals surface area contributed by atoms with Gasteiger partial charge < -0.3 is 24.6 Å². The lowest BCUT2D eigenvalue weighted by molar-refractivity contribution is -0.909. The first-order valence-corrected chi connectivity index (χ1v) is 15.3. The third-order valence-corrected chi connectivity index (χ3v) is 7.39. The van der Waals surface area contributed by atoms with Crippen LogP contribution in [0.15, 0.2) is 0 Å². The molecule has 0 aliphatic heterocycles. The summed E-state index contributed by atoms with van der Waals surface area (Å²) in [6.07, 6.45) is 28.1. The molecule has 0 saturated carbocycles. The van der Waals surface area contributed by atoms with Crippen molar-refractivity contribution in [2.45, 2.75) is 148 Å². The van der Waals surface area contributed by atoms with E-state index < -0.39 is 42.0 Å². The van der Waals surface area contributed by atoms with E-state index in [2.05, 4.69) is 6.92 Å². The fraction of sp³-hybridized carbons (Fsp3) is 0.900. The average Bonchev–Trinajstić information content (AvgIpc) is 2.81. The van der Waals surface area contributed by atoms with Gasteiger partial charge in [-0.3, -0.25) is 0 Å². The first-order chi connectivity index (χ1) is 17.8. The normalized spacial score (nSPS) is 11.6. The van der Waals surface area contributed by atoms with Gasteiger partial charge in [0, 0.05) is 0 Å². The summed E-state index contributed by atoms with van der Waals surface area (Å²) < 4.78 is -0.494. The Hall–Kier alpha value is -1.63. The average molecular weight is 528 g/mol. The number of carboxylic acids is 3. The molecule has 0 aromatic carbocycles. The van der Waals surface area contributed by atoms with E-state index in [1.165, 1.54) is 116 Å². The second-order valence-electron chi connectivity index (χ2n) is 11.1. The van der Waals surface area contributed by atoms with Gasteiger partial charge in [0.2, 0.25) is 0 Å². The Balaban J connectivity index is 3.59. The number of hydrogen-bond acceptors (Lipinski definition) is 4. The SMILES string of the molecule is CCCCCCCCCCCCCCCCCCCCCCCC[N+](CC(=O)[O-])(CC(=O)O)CC(=O)O. The van der Waals surface area contributed by atoms with Gasteiger partial charge in [-0.15, -0.1) is 0 Å². The van der Waals surface area contributed by atoms with Crippen LogP contribution in [0.1, 0.15) is 148 Å². The molecule has 0 aromatic rings. The number of hydrogen-bond donors (Lipinski definition) is 2. The van der Waals surface area contributed by atoms with Crippen molar-refractivity contribution in [3.8, 4) is 0 Å². The Labute approximate surface area is 226 Å². The topological polar surface area (TPSA) is 115 Å². The number of carbonyl (C=O) groups is 3. The molecule has 0 saturated heterocycles. The summed E-state index contributed by atoms with van der Waals surface area (Å²) in [5, 5.41) is 29.3. The molecule has 0 unspecified atom stereocenters. The standard InChI is InChI=1S/C30H57NO6/c1-2-3-4-5-6-7-8-9-10-11-12-13-14-15-16-17-18-19-20-21-22-23-24-31(25-28(32)33,26-29(34)35)27-30(36)37/h2-27H2,1H3,(H2-,32,33,34,35,36,37). The molecule has 0 atom stereocenters. The molecule has 0 radical (unpaired) electrons. The van der Waals surface area contributed by atoms with Crippen molar-refractivity contribution in [2.24, 2.45) is 0 Å². The van der Waals surface area contributed by atoms with Crippen LogP contribution in [0.5, 0.6) is 0 Å². The van der Waals surface area contributed by atoms with Crippen LogP contribution in [0.3, 0.4) is 0 Å². The molecular weight excluding hydrogens is 470 g/mol. The minimum atomic E-state index is -1.42. The zero-order valence-corrected chi connectivity index (χ0v) is 23.9. The molecule has 0 bridgehead atoms. The van der Waals surface area contributed by atoms with Gasteiger partial charge in [-0.2, -0.15) is 0 Å². The monoisotopic (exact) mass is 527 g/mol. The molecule has 0 aromatic heterocycles. The molecule has 0 heterocycles. The van der Waals surface area contributed by atoms with Gasteiger partial charge in [-0.05, 0) is 12.8 Å². The second-order valence-corrected chi connectivity index (χ2v) is 11.1. The van der Waals surface area contributed by atoms with Crippen molar-refractivity contribution < 1.29 is 34.2 Å². The Bertz CT molecular complexity index is 540. The Morgan fingerprint density at radius 3 is 1.00 bits per heavy atom. The van der Waals surface area contributed by atoms with Crippen molar-refractivity contribution in [1.82, 2.24) is 0 Å². The van der Waals surface area contributed by atoms with Crippen molar-refractivity contribution in [3.05, 3.63) is 0 Å². The highest BCUT2D eigenvalue weighted by atomic mass is 16.4. The maximum Gasteiger partial charge on any atom is 0.359 e. The van der Waals surface area contributed by atoms with Crippen LogP contribution in [0.25, 0.3) is 0 Å². The molecule has 37 heavy (non-hydrogen) atoms. The molecule has 0 fully saturated rings. The molecule has 7 nitrogen and oxygen atoms in total. The first kappa shape index (κ1) is 35.4. The maximum absolute atomic E-state index is 11.2. The minimum Gasteiger partial charge on any atom is -0.544 e. The van der Waals surface area contributed by atoms with E-state index in [0.717, 1.165) is 19.3 Å². The van der Waals surface area contributed by atoms with Crippen molar-refractivity contribution >= 4 is 17.9 Å². The van der Waals surface area contributed by atoms with Gasteiger partial charge in [0.15, 0.2) is 13.1 Å². The summed E-state index contributed by atoms with van der Waals surface area (Å²) >= 11 is 0.